The standard InChI is InChI=1S/C21H12N2/c22-12-14-9-18(15-5-2-1-3-6-15)19-11-16-7-4-8-17(13-23)21(16)20(19)10-14/h1-10H,11H2. The van der Waals surface area contributed by atoms with Crippen LogP contribution in [0.3, 0.4) is 0 Å². The third-order valence-electron chi connectivity index (χ3n) is 4.37. The molecule has 0 aromatic heterocycles. The van der Waals surface area contributed by atoms with Crippen LogP contribution in [-0.4, -0.2) is 0 Å². The topological polar surface area (TPSA) is 47.6 Å². The molecule has 0 heterocycles. The van der Waals surface area contributed by atoms with E-state index in [9.17, 15) is 10.5 Å². The van der Waals surface area contributed by atoms with Crippen molar-refractivity contribution in [3.63, 3.8) is 0 Å². The van der Waals surface area contributed by atoms with Crippen molar-refractivity contribution in [2.24, 2.45) is 0 Å². The van der Waals surface area contributed by atoms with Crippen molar-refractivity contribution in [2.75, 3.05) is 0 Å². The summed E-state index contributed by atoms with van der Waals surface area (Å²) in [5, 5.41) is 18.8. The highest BCUT2D eigenvalue weighted by molar-refractivity contribution is 5.88. The van der Waals surface area contributed by atoms with Crippen LogP contribution in [0, 0.1) is 22.7 Å². The van der Waals surface area contributed by atoms with Crippen LogP contribution in [0.4, 0.5) is 0 Å². The lowest BCUT2D eigenvalue weighted by atomic mass is 9.92. The lowest BCUT2D eigenvalue weighted by Gasteiger charge is -2.10. The molecule has 3 aromatic carbocycles. The Labute approximate surface area is 134 Å². The van der Waals surface area contributed by atoms with Gasteiger partial charge in [-0.3, -0.25) is 0 Å². The molecule has 0 spiro atoms. The van der Waals surface area contributed by atoms with Gasteiger partial charge in [-0.2, -0.15) is 10.5 Å². The second kappa shape index (κ2) is 5.13. The van der Waals surface area contributed by atoms with Gasteiger partial charge in [-0.1, -0.05) is 42.5 Å². The van der Waals surface area contributed by atoms with Crippen molar-refractivity contribution >= 4 is 0 Å². The number of hydrogen-bond acceptors (Lipinski definition) is 2. The van der Waals surface area contributed by atoms with Crippen LogP contribution in [0.25, 0.3) is 22.3 Å². The van der Waals surface area contributed by atoms with Gasteiger partial charge in [0.2, 0.25) is 0 Å². The Morgan fingerprint density at radius 1 is 0.783 bits per heavy atom. The Hall–Kier alpha value is -3.36. The fourth-order valence-electron chi connectivity index (χ4n) is 3.37. The molecule has 2 nitrogen and oxygen atoms in total. The van der Waals surface area contributed by atoms with Crippen LogP contribution in [0.2, 0.25) is 0 Å². The van der Waals surface area contributed by atoms with E-state index in [1.807, 2.05) is 42.5 Å². The minimum Gasteiger partial charge on any atom is -0.192 e. The summed E-state index contributed by atoms with van der Waals surface area (Å²) in [6.45, 7) is 0. The molecule has 1 aliphatic carbocycles. The van der Waals surface area contributed by atoms with E-state index in [1.54, 1.807) is 0 Å². The average Bonchev–Trinajstić information content (AvgIpc) is 3.00. The first kappa shape index (κ1) is 13.3. The van der Waals surface area contributed by atoms with Gasteiger partial charge in [-0.15, -0.1) is 0 Å². The first-order chi connectivity index (χ1) is 11.3. The molecular formula is C21H12N2. The number of rotatable bonds is 1. The summed E-state index contributed by atoms with van der Waals surface area (Å²) >= 11 is 0. The molecule has 0 radical (unpaired) electrons. The van der Waals surface area contributed by atoms with Crippen molar-refractivity contribution in [3.8, 4) is 34.4 Å². The molecule has 0 unspecified atom stereocenters. The van der Waals surface area contributed by atoms with Crippen LogP contribution in [-0.2, 0) is 6.42 Å². The first-order valence-corrected chi connectivity index (χ1v) is 7.46. The molecule has 0 amide bonds. The molecule has 0 bridgehead atoms. The summed E-state index contributed by atoms with van der Waals surface area (Å²) in [6, 6.07) is 24.3. The van der Waals surface area contributed by atoms with Gasteiger partial charge >= 0.3 is 0 Å². The Kier molecular flexibility index (Phi) is 2.97. The fraction of sp³-hybridized carbons (Fsp3) is 0.0476. The maximum Gasteiger partial charge on any atom is 0.0998 e. The monoisotopic (exact) mass is 292 g/mol. The van der Waals surface area contributed by atoms with E-state index < -0.39 is 0 Å². The predicted octanol–water partition coefficient (Wildman–Crippen LogP) is 4.67. The van der Waals surface area contributed by atoms with E-state index in [2.05, 4.69) is 30.3 Å². The molecule has 0 saturated carbocycles. The second-order valence-corrected chi connectivity index (χ2v) is 5.66. The van der Waals surface area contributed by atoms with Crippen molar-refractivity contribution < 1.29 is 0 Å². The van der Waals surface area contributed by atoms with Gasteiger partial charge in [-0.25, -0.2) is 0 Å². The maximum absolute atomic E-state index is 9.43. The molecular weight excluding hydrogens is 280 g/mol. The van der Waals surface area contributed by atoms with Crippen LogP contribution < -0.4 is 0 Å². The Bertz CT molecular complexity index is 1000. The van der Waals surface area contributed by atoms with Crippen molar-refractivity contribution in [1.29, 1.82) is 10.5 Å². The van der Waals surface area contributed by atoms with Gasteiger partial charge in [-0.05, 0) is 52.4 Å². The minimum atomic E-state index is 0.628. The SMILES string of the molecule is N#Cc1cc(-c2ccccc2)c2c(c1)-c1c(C#N)cccc1C2. The summed E-state index contributed by atoms with van der Waals surface area (Å²) < 4.78 is 0. The molecule has 2 heteroatoms. The summed E-state index contributed by atoms with van der Waals surface area (Å²) in [7, 11) is 0. The third-order valence-corrected chi connectivity index (χ3v) is 4.37. The second-order valence-electron chi connectivity index (χ2n) is 5.66. The number of nitriles is 2. The zero-order valence-corrected chi connectivity index (χ0v) is 12.4. The predicted molar refractivity (Wildman–Crippen MR) is 89.6 cm³/mol. The Morgan fingerprint density at radius 2 is 1.57 bits per heavy atom. The highest BCUT2D eigenvalue weighted by atomic mass is 14.3. The Morgan fingerprint density at radius 3 is 2.30 bits per heavy atom. The van der Waals surface area contributed by atoms with Gasteiger partial charge in [0.1, 0.15) is 0 Å². The molecule has 3 aromatic rings. The van der Waals surface area contributed by atoms with Crippen molar-refractivity contribution in [3.05, 3.63) is 82.9 Å². The molecule has 0 N–H and O–H groups in total. The fourth-order valence-corrected chi connectivity index (χ4v) is 3.37. The molecule has 0 saturated heterocycles. The molecule has 0 atom stereocenters. The van der Waals surface area contributed by atoms with Crippen LogP contribution in [0.15, 0.2) is 60.7 Å². The number of nitrogens with zero attached hydrogens (tertiary/aromatic N) is 2. The zero-order valence-electron chi connectivity index (χ0n) is 12.4. The maximum atomic E-state index is 9.43. The number of fused-ring (bicyclic) bond motifs is 3. The molecule has 106 valence electrons. The zero-order chi connectivity index (χ0) is 15.8. The summed E-state index contributed by atoms with van der Waals surface area (Å²) in [6.07, 6.45) is 0.802. The normalized spacial score (nSPS) is 11.2. The molecule has 1 aliphatic rings. The first-order valence-electron chi connectivity index (χ1n) is 7.46. The smallest absolute Gasteiger partial charge is 0.0998 e. The lowest BCUT2D eigenvalue weighted by Crippen LogP contribution is -1.90. The average molecular weight is 292 g/mol. The van der Waals surface area contributed by atoms with E-state index >= 15 is 0 Å². The van der Waals surface area contributed by atoms with E-state index in [1.165, 1.54) is 5.56 Å². The molecule has 0 fully saturated rings. The van der Waals surface area contributed by atoms with Crippen molar-refractivity contribution in [2.45, 2.75) is 6.42 Å². The van der Waals surface area contributed by atoms with Gasteiger partial charge in [0, 0.05) is 5.56 Å². The lowest BCUT2D eigenvalue weighted by molar-refractivity contribution is 1.26. The van der Waals surface area contributed by atoms with Gasteiger partial charge < -0.3 is 0 Å². The summed E-state index contributed by atoms with van der Waals surface area (Å²) in [5.41, 5.74) is 7.86. The van der Waals surface area contributed by atoms with E-state index in [0.717, 1.165) is 34.2 Å². The number of benzene rings is 3. The minimum absolute atomic E-state index is 0.628. The van der Waals surface area contributed by atoms with E-state index in [0.29, 0.717) is 11.1 Å². The molecule has 23 heavy (non-hydrogen) atoms. The van der Waals surface area contributed by atoms with Crippen LogP contribution in [0.5, 0.6) is 0 Å². The van der Waals surface area contributed by atoms with Gasteiger partial charge in [0.15, 0.2) is 0 Å². The third kappa shape index (κ3) is 2.01. The van der Waals surface area contributed by atoms with Crippen LogP contribution in [0.1, 0.15) is 22.3 Å². The van der Waals surface area contributed by atoms with E-state index in [-0.39, 0.29) is 0 Å². The Balaban J connectivity index is 2.05. The molecule has 0 aliphatic heterocycles. The van der Waals surface area contributed by atoms with Gasteiger partial charge in [0.05, 0.1) is 23.3 Å². The number of hydrogen-bond donors (Lipinski definition) is 0. The van der Waals surface area contributed by atoms with E-state index in [4.69, 9.17) is 0 Å². The summed E-state index contributed by atoms with van der Waals surface area (Å²) in [5.74, 6) is 0. The quantitative estimate of drug-likeness (QED) is 0.512. The summed E-state index contributed by atoms with van der Waals surface area (Å²) in [4.78, 5) is 0. The van der Waals surface area contributed by atoms with Gasteiger partial charge in [0.25, 0.3) is 0 Å². The molecule has 4 rings (SSSR count). The van der Waals surface area contributed by atoms with Crippen molar-refractivity contribution in [1.82, 2.24) is 0 Å². The largest absolute Gasteiger partial charge is 0.192 e. The highest BCUT2D eigenvalue weighted by Gasteiger charge is 2.25. The van der Waals surface area contributed by atoms with Crippen LogP contribution >= 0.6 is 0 Å². The highest BCUT2D eigenvalue weighted by Crippen LogP contribution is 2.43.